The van der Waals surface area contributed by atoms with Crippen molar-refractivity contribution in [1.82, 2.24) is 4.90 Å². The number of nitrogen functional groups attached to an aromatic ring is 1. The molecule has 1 heterocycles. The third-order valence-electron chi connectivity index (χ3n) is 17.9. The van der Waals surface area contributed by atoms with Crippen LogP contribution >= 0.6 is 101 Å². The van der Waals surface area contributed by atoms with Crippen LogP contribution < -0.4 is 267 Å². The van der Waals surface area contributed by atoms with Crippen LogP contribution in [0.2, 0.25) is 0 Å². The number of rotatable bonds is 37. The molecule has 1 aliphatic heterocycles. The monoisotopic (exact) mass is 2770 g/mol. The molecule has 145 heavy (non-hydrogen) atoms. The van der Waals surface area contributed by atoms with Crippen molar-refractivity contribution in [1.29, 1.82) is 0 Å². The normalized spacial score (nSPS) is 12.3. The van der Waals surface area contributed by atoms with Crippen molar-refractivity contribution in [2.75, 3.05) is 169 Å². The number of carbonyl (C=O) groups is 7. The van der Waals surface area contributed by atoms with E-state index in [4.69, 9.17) is 98.1 Å². The summed E-state index contributed by atoms with van der Waals surface area (Å²) >= 11 is 17.6. The predicted molar refractivity (Wildman–Crippen MR) is 547 cm³/mol. The molecule has 0 aromatic heterocycles. The molecule has 5 atom stereocenters. The number of benzene rings is 8. The summed E-state index contributed by atoms with van der Waals surface area (Å²) in [5.41, 5.74) is 10.8. The molecule has 9 rings (SSSR count). The maximum atomic E-state index is 12.3. The van der Waals surface area contributed by atoms with Crippen molar-refractivity contribution in [3.63, 3.8) is 0 Å². The SMILES string of the molecule is CCN(CC)CC.C[C@](O)(CBr)C(=O)O.Cc1[c-]cc(N)cc1.Cc1[c-]cc(NC(=O)[C@@](C)(O)CBr)cc1.Cc1[c-]cc(NC(=O)[C@@](C)(O)COc2ccc(N(CCCl)CCCl)cc2)cc1.Cc1[c-]cc(NC(=O)[C@@](C)(O)COc2ccc(N(CCO)CCO)cc2)cc1.Cc1[c-]cc(NC(=O)[C@]2(C)CO2)cc1.Cc1ccc(N(CCO)CCO)cc1.Cl.Cl.O=CO[O-].O=CO[O-].O=S(Cl)Cl.[H-].[H-].[K+].[K+].[K+].[K+].[Y].[Y].[Y].[Y].[Y]. The zero-order valence-electron chi connectivity index (χ0n) is 87.3. The molecule has 1 fully saturated rings. The molecule has 51 heteroatoms. The van der Waals surface area contributed by atoms with E-state index in [1.54, 1.807) is 91.9 Å². The largest absolute Gasteiger partial charge is 1.00 e. The average Bonchev–Trinajstić information content (AvgIpc) is 1.65. The molecule has 1 aliphatic rings. The molecule has 5 radical (unpaired) electrons. The molecule has 0 spiro atoms. The third-order valence-corrected chi connectivity index (χ3v) is 20.4. The molecule has 0 aliphatic carbocycles. The summed E-state index contributed by atoms with van der Waals surface area (Å²) in [4.78, 5) is 88.5. The number of carbonyl (C=O) groups excluding carboxylic acids is 6. The molecule has 1 saturated heterocycles. The standard InChI is InChI=1S/C21H25Cl2N2O3.C21H27N2O5.C11H13BrNO2.C11H12NO2.C11H17NO2.C7H8N.C6H15N.C4H7BrO3.2CH2O3.Cl2OS.2ClH.4K.5Y.2H/c1-16-3-5-17(6-4-16)24-20(26)21(2,27)15-28-19-9-7-18(8-10-19)25(13-11-22)14-12-23;1-16-3-5-17(6-4-16)22-20(26)21(2,27)15-28-19-9-7-18(8-10-19)23(11-13-24)12-14-25;1-8-3-5-9(6-4-8)13-10(14)11(2,15)7-12;1-8-3-5-9(6-4-8)12-10(13)11(2)7-14-11;1-10-2-4-11(5-3-10)12(6-8-13)7-9-14;1-6-2-4-7(8)5-3-6;1-4-7(5-2)6-3;1-4(8,2-5)3(6)7;2*2-1-4-3;1-4(2)3;;;;;;;;;;;;;/h3,5-10,27H,11-15H2,1-2H3,(H,24,26);3,5-10,24-25,27H,11-15H2,1-2H3,(H,22,26);3,5-6,15H,7H2,1-2H3,(H,13,14);3,5-6H,7H2,1-2H3,(H,12,13);2-5,13-14H,6-9H2,1H3;2,4-5H,8H2,1H3;4-6H2,1-3H3;8H,2H2,1H3,(H,6,7);2*1,3H;;2*1H;;;;;;;;;;;/q4*-1;;-1;;;;;;;;4*+1;;;;;;2*-1/p-2/t2*21-;2*11-;;;;4-;;;;;;;;;;;;;;;;/m0000...0................/s1. The van der Waals surface area contributed by atoms with E-state index in [1.165, 1.54) is 52.9 Å². The Bertz CT molecular complexity index is 4440. The van der Waals surface area contributed by atoms with Gasteiger partial charge in [0.1, 0.15) is 30.3 Å². The van der Waals surface area contributed by atoms with Gasteiger partial charge in [-0.25, -0.2) is 9.00 Å². The van der Waals surface area contributed by atoms with Crippen molar-refractivity contribution in [2.24, 2.45) is 0 Å². The molecule has 33 nitrogen and oxygen atoms in total. The number of halogens is 8. The summed E-state index contributed by atoms with van der Waals surface area (Å²) in [6.07, 6.45) is 0. The Morgan fingerprint density at radius 3 is 0.917 bits per heavy atom. The van der Waals surface area contributed by atoms with Crippen LogP contribution in [0.5, 0.6) is 11.5 Å². The van der Waals surface area contributed by atoms with Crippen LogP contribution in [0.4, 0.5) is 45.5 Å². The molecule has 0 unspecified atom stereocenters. The fourth-order valence-corrected chi connectivity index (χ4v) is 10.5. The number of nitrogens with zero attached hydrogens (tertiary/aromatic N) is 4. The van der Waals surface area contributed by atoms with Crippen LogP contribution in [0.1, 0.15) is 91.6 Å². The molecule has 0 saturated carbocycles. The predicted octanol–water partition coefficient (Wildman–Crippen LogP) is -0.683. The first-order valence-electron chi connectivity index (χ1n) is 41.3. The first-order valence-corrected chi connectivity index (χ1v) is 47.4. The van der Waals surface area contributed by atoms with Crippen LogP contribution in [-0.2, 0) is 221 Å². The third kappa shape index (κ3) is 85.9. The van der Waals surface area contributed by atoms with E-state index in [-0.39, 0.29) is 466 Å². The topological polar surface area (TPSA) is 501 Å². The number of anilines is 8. The maximum Gasteiger partial charge on any atom is 1.00 e. The van der Waals surface area contributed by atoms with Gasteiger partial charge in [-0.2, -0.15) is 125 Å². The van der Waals surface area contributed by atoms with Gasteiger partial charge in [-0.15, -0.1) is 72.3 Å². The number of nitrogens with one attached hydrogen (secondary N) is 4. The molecule has 781 valence electrons. The van der Waals surface area contributed by atoms with Crippen LogP contribution in [0.25, 0.3) is 0 Å². The zero-order chi connectivity index (χ0) is 102. The molecule has 0 bridgehead atoms. The van der Waals surface area contributed by atoms with Gasteiger partial charge in [0.25, 0.3) is 12.9 Å². The molecule has 8 aromatic rings. The minimum atomic E-state index is -1.72. The van der Waals surface area contributed by atoms with Gasteiger partial charge in [0.15, 0.2) is 22.4 Å². The molecular formula is C94H130Br2Cl6K4N9O24SY5-5. The Morgan fingerprint density at radius 1 is 0.476 bits per heavy atom. The number of aryl methyl sites for hydroxylation is 6. The van der Waals surface area contributed by atoms with E-state index in [0.717, 1.165) is 56.3 Å². The number of amides is 4. The van der Waals surface area contributed by atoms with Crippen molar-refractivity contribution >= 4 is 199 Å². The van der Waals surface area contributed by atoms with Crippen molar-refractivity contribution < 1.29 is 490 Å². The molecule has 4 amide bonds. The first-order chi connectivity index (χ1) is 63.2. The quantitative estimate of drug-likeness (QED) is 0.00264. The van der Waals surface area contributed by atoms with Gasteiger partial charge in [0.05, 0.1) is 33.0 Å². The number of carboxylic acids is 1. The van der Waals surface area contributed by atoms with Crippen LogP contribution in [0.15, 0.2) is 164 Å². The average molecular weight is 2780 g/mol. The number of hydrogen-bond acceptors (Lipinski definition) is 28. The second-order valence-corrected chi connectivity index (χ2v) is 34.1. The summed E-state index contributed by atoms with van der Waals surface area (Å²) in [5, 5.41) is 111. The molecular weight excluding hydrogens is 2640 g/mol. The number of aliphatic hydroxyl groups excluding tert-OH is 4. The van der Waals surface area contributed by atoms with E-state index >= 15 is 0 Å². The van der Waals surface area contributed by atoms with Gasteiger partial charge < -0.3 is 130 Å². The van der Waals surface area contributed by atoms with Gasteiger partial charge in [-0.1, -0.05) is 133 Å². The number of hydrogen-bond donors (Lipinski definition) is 14. The second-order valence-electron chi connectivity index (χ2n) is 29.7. The summed E-state index contributed by atoms with van der Waals surface area (Å²) in [6, 6.07) is 64.2. The summed E-state index contributed by atoms with van der Waals surface area (Å²) < 4.78 is 25.3. The van der Waals surface area contributed by atoms with Gasteiger partial charge in [-0.3, -0.25) is 28.8 Å². The van der Waals surface area contributed by atoms with Crippen molar-refractivity contribution in [3.8, 4) is 11.5 Å². The van der Waals surface area contributed by atoms with Gasteiger partial charge >= 0.3 is 212 Å². The van der Waals surface area contributed by atoms with Gasteiger partial charge in [0.2, 0.25) is 32.9 Å². The van der Waals surface area contributed by atoms with Crippen molar-refractivity contribution in [3.05, 3.63) is 228 Å². The Balaban J connectivity index is -0.000000105. The van der Waals surface area contributed by atoms with Gasteiger partial charge in [0, 0.05) is 264 Å². The fourth-order valence-electron chi connectivity index (χ4n) is 9.56. The maximum absolute atomic E-state index is 12.3. The molecule has 15 N–H and O–H groups in total. The van der Waals surface area contributed by atoms with Crippen LogP contribution in [-0.4, -0.2) is 253 Å². The number of aliphatic carboxylic acids is 1. The smallest absolute Gasteiger partial charge is 1.00 e. The number of aliphatic hydroxyl groups is 8. The molecule has 8 aromatic carbocycles. The van der Waals surface area contributed by atoms with E-state index in [9.17, 15) is 39.3 Å². The summed E-state index contributed by atoms with van der Waals surface area (Å²) in [6.45, 7) is 32.3. The number of nitrogens with two attached hydrogens (primary N) is 1. The Hall–Kier alpha value is 3.28. The minimum absolute atomic E-state index is 0. The number of epoxide rings is 1. The summed E-state index contributed by atoms with van der Waals surface area (Å²) in [5.74, 6) is -0.792. The van der Waals surface area contributed by atoms with E-state index < -0.39 is 60.9 Å². The number of carboxylic acid groups (broad SMARTS) is 1. The van der Waals surface area contributed by atoms with Crippen LogP contribution in [0, 0.1) is 71.9 Å². The minimum Gasteiger partial charge on any atom is -1.00 e. The Kier molecular flexibility index (Phi) is 126. The number of alkyl halides is 4. The first kappa shape index (κ1) is 176. The van der Waals surface area contributed by atoms with Crippen LogP contribution in [0.3, 0.4) is 0 Å². The number of ether oxygens (including phenoxy) is 3. The van der Waals surface area contributed by atoms with Crippen molar-refractivity contribution in [2.45, 2.75) is 125 Å². The zero-order valence-corrected chi connectivity index (χ0v) is 121. The van der Waals surface area contributed by atoms with Gasteiger partial charge in [-0.05, 0) is 122 Å². The Morgan fingerprint density at radius 2 is 0.724 bits per heavy atom. The van der Waals surface area contributed by atoms with E-state index in [2.05, 4.69) is 145 Å². The fraction of sp³-hybridized carbons (Fsp3) is 0.415. The van der Waals surface area contributed by atoms with E-state index in [1.807, 2.05) is 130 Å². The Labute approximate surface area is 1200 Å². The second kappa shape index (κ2) is 104. The summed E-state index contributed by atoms with van der Waals surface area (Å²) in [7, 11) is 7.36. The van der Waals surface area contributed by atoms with E-state index in [0.29, 0.717) is 86.2 Å².